The van der Waals surface area contributed by atoms with Crippen LogP contribution in [0.4, 0.5) is 5.69 Å². The topological polar surface area (TPSA) is 26.0 Å². The largest absolute Gasteiger partial charge is 0.399 e. The molecule has 0 saturated carbocycles. The molecule has 0 aromatic heterocycles. The first-order valence-corrected chi connectivity index (χ1v) is 7.42. The maximum absolute atomic E-state index is 5.52. The fraction of sp³-hybridized carbons (Fsp3) is 0.300. The third kappa shape index (κ3) is 12.7. The van der Waals surface area contributed by atoms with E-state index in [2.05, 4.69) is 44.7 Å². The molecule has 2 N–H and O–H groups in total. The second kappa shape index (κ2) is 14.4. The lowest BCUT2D eigenvalue weighted by molar-refractivity contribution is 1.40. The van der Waals surface area contributed by atoms with Gasteiger partial charge in [0.25, 0.3) is 0 Å². The molecular formula is C20H31N. The second-order valence-electron chi connectivity index (χ2n) is 4.42. The zero-order valence-electron chi connectivity index (χ0n) is 14.5. The lowest BCUT2D eigenvalue weighted by Gasteiger charge is -1.93. The van der Waals surface area contributed by atoms with E-state index >= 15 is 0 Å². The summed E-state index contributed by atoms with van der Waals surface area (Å²) in [5.74, 6) is 0. The molecule has 0 saturated heterocycles. The molecule has 2 aromatic rings. The maximum atomic E-state index is 5.52. The first-order chi connectivity index (χ1) is 10.0. The Morgan fingerprint density at radius 2 is 1.14 bits per heavy atom. The molecule has 0 heterocycles. The summed E-state index contributed by atoms with van der Waals surface area (Å²) in [6.45, 7) is 15.4. The van der Waals surface area contributed by atoms with Crippen molar-refractivity contribution in [3.63, 3.8) is 0 Å². The Kier molecular flexibility index (Phi) is 14.6. The number of nitrogens with two attached hydrogens (primary N) is 1. The van der Waals surface area contributed by atoms with Gasteiger partial charge in [-0.05, 0) is 39.3 Å². The molecule has 0 aliphatic heterocycles. The molecule has 0 fully saturated rings. The molecule has 0 atom stereocenters. The van der Waals surface area contributed by atoms with Crippen molar-refractivity contribution in [1.82, 2.24) is 0 Å². The highest BCUT2D eigenvalue weighted by Gasteiger charge is 1.84. The van der Waals surface area contributed by atoms with Gasteiger partial charge in [0.15, 0.2) is 0 Å². The lowest BCUT2D eigenvalue weighted by atomic mass is 10.2. The van der Waals surface area contributed by atoms with E-state index in [1.807, 2.05) is 52.0 Å². The number of aryl methyl sites for hydroxylation is 3. The minimum atomic E-state index is 0.868. The van der Waals surface area contributed by atoms with E-state index in [-0.39, 0.29) is 0 Å². The Morgan fingerprint density at radius 3 is 1.38 bits per heavy atom. The quantitative estimate of drug-likeness (QED) is 0.459. The number of para-hydroxylation sites is 1. The van der Waals surface area contributed by atoms with Gasteiger partial charge in [0.05, 0.1) is 0 Å². The summed E-state index contributed by atoms with van der Waals surface area (Å²) in [6, 6.07) is 16.3. The van der Waals surface area contributed by atoms with Crippen LogP contribution in [0.15, 0.2) is 61.2 Å². The molecule has 0 spiro atoms. The fourth-order valence-corrected chi connectivity index (χ4v) is 1.22. The third-order valence-corrected chi connectivity index (χ3v) is 2.41. The molecule has 2 aromatic carbocycles. The van der Waals surface area contributed by atoms with Crippen LogP contribution in [0.1, 0.15) is 37.5 Å². The van der Waals surface area contributed by atoms with Gasteiger partial charge in [-0.25, -0.2) is 0 Å². The zero-order valence-corrected chi connectivity index (χ0v) is 14.5. The van der Waals surface area contributed by atoms with Gasteiger partial charge in [-0.2, -0.15) is 0 Å². The van der Waals surface area contributed by atoms with Gasteiger partial charge in [0.1, 0.15) is 0 Å². The Hall–Kier alpha value is -2.02. The van der Waals surface area contributed by atoms with Gasteiger partial charge >= 0.3 is 0 Å². The minimum absolute atomic E-state index is 0.868. The van der Waals surface area contributed by atoms with Crippen LogP contribution in [0.2, 0.25) is 0 Å². The molecule has 116 valence electrons. The number of hydrogen-bond acceptors (Lipinski definition) is 1. The second-order valence-corrected chi connectivity index (χ2v) is 4.42. The molecule has 1 heteroatoms. The van der Waals surface area contributed by atoms with Gasteiger partial charge in [0.2, 0.25) is 0 Å². The van der Waals surface area contributed by atoms with E-state index in [1.54, 1.807) is 6.08 Å². The summed E-state index contributed by atoms with van der Waals surface area (Å²) < 4.78 is 0. The van der Waals surface area contributed by atoms with Crippen molar-refractivity contribution in [3.8, 4) is 0 Å². The van der Waals surface area contributed by atoms with E-state index in [1.165, 1.54) is 11.1 Å². The molecule has 21 heavy (non-hydrogen) atoms. The van der Waals surface area contributed by atoms with E-state index in [0.29, 0.717) is 0 Å². The average molecular weight is 285 g/mol. The van der Waals surface area contributed by atoms with Crippen molar-refractivity contribution in [3.05, 3.63) is 77.9 Å². The highest BCUT2D eigenvalue weighted by molar-refractivity contribution is 5.44. The van der Waals surface area contributed by atoms with Gasteiger partial charge in [-0.3, -0.25) is 0 Å². The van der Waals surface area contributed by atoms with Crippen LogP contribution in [-0.2, 0) is 0 Å². The van der Waals surface area contributed by atoms with Crippen LogP contribution >= 0.6 is 0 Å². The van der Waals surface area contributed by atoms with Crippen LogP contribution in [0.5, 0.6) is 0 Å². The van der Waals surface area contributed by atoms with E-state index in [0.717, 1.165) is 11.3 Å². The Labute approximate surface area is 131 Å². The predicted octanol–water partition coefficient (Wildman–Crippen LogP) is 6.10. The highest BCUT2D eigenvalue weighted by atomic mass is 14.5. The molecule has 0 bridgehead atoms. The number of anilines is 1. The van der Waals surface area contributed by atoms with Gasteiger partial charge in [0, 0.05) is 5.69 Å². The number of rotatable bonds is 0. The minimum Gasteiger partial charge on any atom is -0.399 e. The smallest absolute Gasteiger partial charge is 0.0343 e. The van der Waals surface area contributed by atoms with Crippen LogP contribution in [-0.4, -0.2) is 0 Å². The summed E-state index contributed by atoms with van der Waals surface area (Å²) in [5, 5.41) is 0. The number of allylic oxidation sites excluding steroid dienone is 1. The van der Waals surface area contributed by atoms with Crippen molar-refractivity contribution in [2.45, 2.75) is 41.5 Å². The molecule has 2 rings (SSSR count). The highest BCUT2D eigenvalue weighted by Crippen LogP contribution is 2.06. The Morgan fingerprint density at radius 1 is 0.810 bits per heavy atom. The molecule has 0 aliphatic carbocycles. The van der Waals surface area contributed by atoms with Gasteiger partial charge in [-0.1, -0.05) is 73.5 Å². The average Bonchev–Trinajstić information content (AvgIpc) is 2.49. The summed E-state index contributed by atoms with van der Waals surface area (Å²) >= 11 is 0. The summed E-state index contributed by atoms with van der Waals surface area (Å²) in [7, 11) is 0. The van der Waals surface area contributed by atoms with Crippen molar-refractivity contribution in [1.29, 1.82) is 0 Å². The summed E-state index contributed by atoms with van der Waals surface area (Å²) in [6.07, 6.45) is 1.75. The maximum Gasteiger partial charge on any atom is 0.0343 e. The van der Waals surface area contributed by atoms with Crippen LogP contribution < -0.4 is 5.73 Å². The zero-order chi connectivity index (χ0) is 16.7. The van der Waals surface area contributed by atoms with Crippen molar-refractivity contribution in [2.75, 3.05) is 5.73 Å². The summed E-state index contributed by atoms with van der Waals surface area (Å²) in [5.41, 5.74) is 10.2. The van der Waals surface area contributed by atoms with E-state index in [4.69, 9.17) is 5.73 Å². The Balaban J connectivity index is 0. The predicted molar refractivity (Wildman–Crippen MR) is 98.7 cm³/mol. The molecule has 0 amide bonds. The fourth-order valence-electron chi connectivity index (χ4n) is 1.22. The molecule has 0 unspecified atom stereocenters. The standard InChI is InChI=1S/C8H10.C7H9N.C3H6.C2H6/c1-7-3-5-8(2)6-4-7;1-6-4-2-3-5-7(6)8;1-3-2;1-2/h3-6H,1-2H3;2-5H,8H2,1H3;3H,1H2,2H3;1-2H3. The first kappa shape index (κ1) is 21.3. The molecule has 0 radical (unpaired) electrons. The van der Waals surface area contributed by atoms with Gasteiger partial charge < -0.3 is 5.73 Å². The lowest BCUT2D eigenvalue weighted by Crippen LogP contribution is -1.85. The van der Waals surface area contributed by atoms with Crippen molar-refractivity contribution < 1.29 is 0 Å². The molecule has 1 nitrogen and oxygen atoms in total. The van der Waals surface area contributed by atoms with Crippen molar-refractivity contribution >= 4 is 5.69 Å². The number of hydrogen-bond donors (Lipinski definition) is 1. The number of benzene rings is 2. The third-order valence-electron chi connectivity index (χ3n) is 2.41. The first-order valence-electron chi connectivity index (χ1n) is 7.42. The van der Waals surface area contributed by atoms with Crippen molar-refractivity contribution in [2.24, 2.45) is 0 Å². The van der Waals surface area contributed by atoms with E-state index < -0.39 is 0 Å². The normalized spacial score (nSPS) is 7.90. The van der Waals surface area contributed by atoms with Crippen LogP contribution in [0.25, 0.3) is 0 Å². The monoisotopic (exact) mass is 285 g/mol. The Bertz CT molecular complexity index is 427. The van der Waals surface area contributed by atoms with Gasteiger partial charge in [-0.15, -0.1) is 6.58 Å². The van der Waals surface area contributed by atoms with Crippen LogP contribution in [0, 0.1) is 20.8 Å². The van der Waals surface area contributed by atoms with E-state index in [9.17, 15) is 0 Å². The molecular weight excluding hydrogens is 254 g/mol. The van der Waals surface area contributed by atoms with Crippen LogP contribution in [0.3, 0.4) is 0 Å². The number of nitrogen functional groups attached to an aromatic ring is 1. The summed E-state index contributed by atoms with van der Waals surface area (Å²) in [4.78, 5) is 0. The SMILES string of the molecule is C=CC.CC.Cc1ccc(C)cc1.Cc1ccccc1N. The molecule has 0 aliphatic rings.